The third kappa shape index (κ3) is 4.63. The Morgan fingerprint density at radius 1 is 1.42 bits per heavy atom. The summed E-state index contributed by atoms with van der Waals surface area (Å²) in [4.78, 5) is 22.3. The zero-order chi connectivity index (χ0) is 14.4. The van der Waals surface area contributed by atoms with Crippen LogP contribution in [0.2, 0.25) is 0 Å². The first-order valence-corrected chi connectivity index (χ1v) is 5.40. The Morgan fingerprint density at radius 2 is 2.11 bits per heavy atom. The highest BCUT2D eigenvalue weighted by Gasteiger charge is 2.16. The summed E-state index contributed by atoms with van der Waals surface area (Å²) in [5, 5.41) is 11.4. The molecule has 0 saturated carbocycles. The van der Waals surface area contributed by atoms with E-state index in [1.807, 2.05) is 0 Å². The molecule has 7 heteroatoms. The number of halogens is 2. The number of carbonyl (C=O) groups excluding carboxylic acids is 2. The summed E-state index contributed by atoms with van der Waals surface area (Å²) < 4.78 is 30.1. The summed E-state index contributed by atoms with van der Waals surface area (Å²) in [7, 11) is 1.10. The highest BCUT2D eigenvalue weighted by Crippen LogP contribution is 2.09. The molecule has 1 aromatic rings. The van der Waals surface area contributed by atoms with Gasteiger partial charge >= 0.3 is 5.97 Å². The molecule has 0 bridgehead atoms. The van der Waals surface area contributed by atoms with Gasteiger partial charge in [-0.3, -0.25) is 4.79 Å². The van der Waals surface area contributed by atoms with E-state index < -0.39 is 29.6 Å². The zero-order valence-corrected chi connectivity index (χ0v) is 10.2. The van der Waals surface area contributed by atoms with Gasteiger partial charge in [0.25, 0.3) is 0 Å². The molecule has 1 aromatic carbocycles. The van der Waals surface area contributed by atoms with Crippen molar-refractivity contribution in [2.45, 2.75) is 12.5 Å². The van der Waals surface area contributed by atoms with Gasteiger partial charge in [-0.2, -0.15) is 0 Å². The van der Waals surface area contributed by atoms with Crippen molar-refractivity contribution in [1.82, 2.24) is 5.32 Å². The summed E-state index contributed by atoms with van der Waals surface area (Å²) in [5.41, 5.74) is 0.0199. The van der Waals surface area contributed by atoms with E-state index in [-0.39, 0.29) is 18.5 Å². The minimum absolute atomic E-state index is 0.0199. The average molecular weight is 273 g/mol. The monoisotopic (exact) mass is 273 g/mol. The van der Waals surface area contributed by atoms with Crippen molar-refractivity contribution in [2.75, 3.05) is 13.7 Å². The Hall–Kier alpha value is -2.02. The van der Waals surface area contributed by atoms with Crippen LogP contribution in [-0.4, -0.2) is 36.7 Å². The highest BCUT2D eigenvalue weighted by atomic mass is 19.1. The second kappa shape index (κ2) is 6.79. The molecule has 0 radical (unpaired) electrons. The molecule has 1 rings (SSSR count). The third-order valence-electron chi connectivity index (χ3n) is 2.33. The summed E-state index contributed by atoms with van der Waals surface area (Å²) in [6.07, 6.45) is -1.80. The Morgan fingerprint density at radius 3 is 2.68 bits per heavy atom. The number of aliphatic hydroxyl groups is 1. The molecule has 1 unspecified atom stereocenters. The first kappa shape index (κ1) is 15.0. The molecule has 19 heavy (non-hydrogen) atoms. The summed E-state index contributed by atoms with van der Waals surface area (Å²) in [6.45, 7) is -0.339. The quantitative estimate of drug-likeness (QED) is 0.749. The van der Waals surface area contributed by atoms with E-state index in [0.717, 1.165) is 19.2 Å². The van der Waals surface area contributed by atoms with Crippen molar-refractivity contribution in [3.8, 4) is 0 Å². The lowest BCUT2D eigenvalue weighted by molar-refractivity contribution is -0.150. The van der Waals surface area contributed by atoms with Gasteiger partial charge in [0, 0.05) is 6.07 Å². The van der Waals surface area contributed by atoms with Crippen LogP contribution in [0.1, 0.15) is 5.56 Å². The van der Waals surface area contributed by atoms with Crippen LogP contribution in [0, 0.1) is 11.6 Å². The van der Waals surface area contributed by atoms with Crippen LogP contribution in [0.3, 0.4) is 0 Å². The third-order valence-corrected chi connectivity index (χ3v) is 2.33. The number of aliphatic hydroxyl groups excluding tert-OH is 1. The van der Waals surface area contributed by atoms with E-state index in [1.54, 1.807) is 0 Å². The van der Waals surface area contributed by atoms with Crippen LogP contribution in [-0.2, 0) is 20.7 Å². The van der Waals surface area contributed by atoms with Crippen LogP contribution < -0.4 is 5.32 Å². The maximum atomic E-state index is 13.2. The lowest BCUT2D eigenvalue weighted by atomic mass is 10.1. The first-order valence-electron chi connectivity index (χ1n) is 5.40. The maximum Gasteiger partial charge on any atom is 0.336 e. The molecule has 0 aliphatic carbocycles. The number of ether oxygens (including phenoxy) is 1. The molecule has 0 fully saturated rings. The van der Waals surface area contributed by atoms with Gasteiger partial charge in [-0.1, -0.05) is 6.07 Å². The second-order valence-electron chi connectivity index (χ2n) is 3.76. The number of rotatable bonds is 5. The van der Waals surface area contributed by atoms with E-state index in [4.69, 9.17) is 0 Å². The van der Waals surface area contributed by atoms with Crippen LogP contribution in [0.15, 0.2) is 18.2 Å². The van der Waals surface area contributed by atoms with Gasteiger partial charge in [0.05, 0.1) is 20.1 Å². The van der Waals surface area contributed by atoms with E-state index in [1.165, 1.54) is 0 Å². The predicted octanol–water partition coefficient (Wildman–Crippen LogP) is 0.157. The van der Waals surface area contributed by atoms with Crippen molar-refractivity contribution in [1.29, 1.82) is 0 Å². The van der Waals surface area contributed by atoms with Gasteiger partial charge in [0.2, 0.25) is 5.91 Å². The number of carbonyl (C=O) groups is 2. The van der Waals surface area contributed by atoms with Crippen molar-refractivity contribution < 1.29 is 28.2 Å². The molecule has 2 N–H and O–H groups in total. The molecule has 5 nitrogen and oxygen atoms in total. The highest BCUT2D eigenvalue weighted by molar-refractivity contribution is 5.80. The number of nitrogens with one attached hydrogen (secondary N) is 1. The van der Waals surface area contributed by atoms with Gasteiger partial charge in [-0.05, 0) is 11.6 Å². The fourth-order valence-electron chi connectivity index (χ4n) is 1.33. The van der Waals surface area contributed by atoms with Gasteiger partial charge in [0.1, 0.15) is 11.6 Å². The maximum absolute atomic E-state index is 13.2. The molecule has 0 spiro atoms. The van der Waals surface area contributed by atoms with E-state index in [9.17, 15) is 23.5 Å². The number of hydrogen-bond acceptors (Lipinski definition) is 4. The standard InChI is InChI=1S/C12H13F2NO4/c1-19-12(18)10(16)6-15-11(17)4-7-2-3-8(13)5-9(7)14/h2-3,5,10,16H,4,6H2,1H3,(H,15,17). The molecule has 0 heterocycles. The van der Waals surface area contributed by atoms with Crippen molar-refractivity contribution >= 4 is 11.9 Å². The number of amides is 1. The molecule has 1 atom stereocenters. The van der Waals surface area contributed by atoms with E-state index in [0.29, 0.717) is 6.07 Å². The number of benzene rings is 1. The second-order valence-corrected chi connectivity index (χ2v) is 3.76. The van der Waals surface area contributed by atoms with E-state index in [2.05, 4.69) is 10.1 Å². The van der Waals surface area contributed by atoms with Gasteiger partial charge in [-0.15, -0.1) is 0 Å². The number of hydrogen-bond donors (Lipinski definition) is 2. The molecule has 104 valence electrons. The molecule has 0 aliphatic rings. The Kier molecular flexibility index (Phi) is 5.37. The zero-order valence-electron chi connectivity index (χ0n) is 10.2. The minimum Gasteiger partial charge on any atom is -0.467 e. The smallest absolute Gasteiger partial charge is 0.336 e. The fraction of sp³-hybridized carbons (Fsp3) is 0.333. The van der Waals surface area contributed by atoms with Crippen molar-refractivity contribution in [3.63, 3.8) is 0 Å². The summed E-state index contributed by atoms with van der Waals surface area (Å²) in [5.74, 6) is -3.05. The average Bonchev–Trinajstić information content (AvgIpc) is 2.38. The van der Waals surface area contributed by atoms with Crippen LogP contribution in [0.25, 0.3) is 0 Å². The number of methoxy groups -OCH3 is 1. The molecule has 1 amide bonds. The van der Waals surface area contributed by atoms with Gasteiger partial charge < -0.3 is 15.2 Å². The molecular weight excluding hydrogens is 260 g/mol. The van der Waals surface area contributed by atoms with Gasteiger partial charge in [-0.25, -0.2) is 13.6 Å². The van der Waals surface area contributed by atoms with Gasteiger partial charge in [0.15, 0.2) is 6.10 Å². The lowest BCUT2D eigenvalue weighted by Gasteiger charge is -2.10. The minimum atomic E-state index is -1.48. The first-order chi connectivity index (χ1) is 8.93. The normalized spacial score (nSPS) is 11.8. The molecule has 0 saturated heterocycles. The summed E-state index contributed by atoms with van der Waals surface area (Å²) >= 11 is 0. The number of esters is 1. The molecule has 0 aromatic heterocycles. The predicted molar refractivity (Wildman–Crippen MR) is 61.1 cm³/mol. The SMILES string of the molecule is COC(=O)C(O)CNC(=O)Cc1ccc(F)cc1F. The topological polar surface area (TPSA) is 75.6 Å². The van der Waals surface area contributed by atoms with E-state index >= 15 is 0 Å². The Bertz CT molecular complexity index is 479. The Balaban J connectivity index is 2.49. The molecule has 0 aliphatic heterocycles. The van der Waals surface area contributed by atoms with Crippen LogP contribution >= 0.6 is 0 Å². The fourth-order valence-corrected chi connectivity index (χ4v) is 1.33. The van der Waals surface area contributed by atoms with Crippen molar-refractivity contribution in [3.05, 3.63) is 35.4 Å². The van der Waals surface area contributed by atoms with Crippen LogP contribution in [0.4, 0.5) is 8.78 Å². The Labute approximate surface area is 108 Å². The molecular formula is C12H13F2NO4. The van der Waals surface area contributed by atoms with Crippen LogP contribution in [0.5, 0.6) is 0 Å². The summed E-state index contributed by atoms with van der Waals surface area (Å²) in [6, 6.07) is 2.86. The van der Waals surface area contributed by atoms with Crippen molar-refractivity contribution in [2.24, 2.45) is 0 Å². The lowest BCUT2D eigenvalue weighted by Crippen LogP contribution is -2.37. The largest absolute Gasteiger partial charge is 0.467 e.